The number of aromatic amines is 1. The van der Waals surface area contributed by atoms with Crippen molar-refractivity contribution in [1.82, 2.24) is 9.97 Å². The Morgan fingerprint density at radius 2 is 2.40 bits per heavy atom. The molecular weight excluding hydrogens is 130 g/mol. The van der Waals surface area contributed by atoms with Crippen LogP contribution in [0.5, 0.6) is 0 Å². The molecule has 0 aliphatic rings. The largest absolute Gasteiger partial charge is 0.419 e. The summed E-state index contributed by atoms with van der Waals surface area (Å²) in [5.74, 6) is 0. The van der Waals surface area contributed by atoms with Crippen molar-refractivity contribution in [3.8, 4) is 0 Å². The Morgan fingerprint density at radius 3 is 3.30 bits per heavy atom. The Morgan fingerprint density at radius 1 is 1.50 bits per heavy atom. The quantitative estimate of drug-likeness (QED) is 0.556. The van der Waals surface area contributed by atoms with E-state index in [1.54, 1.807) is 12.1 Å². The molecule has 2 N–H and O–H groups in total. The van der Waals surface area contributed by atoms with Crippen molar-refractivity contribution in [2.45, 2.75) is 0 Å². The zero-order valence-corrected chi connectivity index (χ0v) is 5.09. The van der Waals surface area contributed by atoms with Crippen LogP contribution in [0.25, 0.3) is 11.2 Å². The van der Waals surface area contributed by atoms with E-state index in [0.717, 1.165) is 5.52 Å². The first kappa shape index (κ1) is 5.22. The van der Waals surface area contributed by atoms with Crippen LogP contribution < -0.4 is 5.55 Å². The predicted octanol–water partition coefficient (Wildman–Crippen LogP) is 0.635. The van der Waals surface area contributed by atoms with Crippen LogP contribution in [0, 0.1) is 5.41 Å². The fourth-order valence-electron chi connectivity index (χ4n) is 0.790. The Bertz CT molecular complexity index is 400. The third-order valence-electron chi connectivity index (χ3n) is 1.24. The van der Waals surface area contributed by atoms with Crippen molar-refractivity contribution in [3.63, 3.8) is 0 Å². The zero-order chi connectivity index (χ0) is 6.97. The molecule has 0 aromatic carbocycles. The molecule has 0 amide bonds. The van der Waals surface area contributed by atoms with Crippen LogP contribution in [-0.4, -0.2) is 9.97 Å². The lowest BCUT2D eigenvalue weighted by molar-refractivity contribution is 0.524. The number of imidazole rings is 1. The molecule has 2 heterocycles. The van der Waals surface area contributed by atoms with Crippen LogP contribution in [-0.2, 0) is 0 Å². The summed E-state index contributed by atoms with van der Waals surface area (Å²) in [5, 5.41) is 7.10. The molecule has 0 bridgehead atoms. The number of H-pyrrole nitrogens is 1. The van der Waals surface area contributed by atoms with E-state index in [9.17, 15) is 0 Å². The molecule has 0 aliphatic heterocycles. The highest BCUT2D eigenvalue weighted by molar-refractivity contribution is 5.66. The van der Waals surface area contributed by atoms with Gasteiger partial charge in [-0.25, -0.2) is 4.98 Å². The third-order valence-corrected chi connectivity index (χ3v) is 1.24. The molecule has 0 saturated heterocycles. The molecule has 0 aliphatic carbocycles. The number of hydrogen-bond donors (Lipinski definition) is 2. The van der Waals surface area contributed by atoms with Crippen LogP contribution in [0.1, 0.15) is 0 Å². The van der Waals surface area contributed by atoms with Gasteiger partial charge in [0.2, 0.25) is 11.3 Å². The van der Waals surface area contributed by atoms with E-state index in [2.05, 4.69) is 9.97 Å². The van der Waals surface area contributed by atoms with Gasteiger partial charge in [-0.2, -0.15) is 0 Å². The molecule has 2 aromatic heterocycles. The van der Waals surface area contributed by atoms with Gasteiger partial charge in [0.15, 0.2) is 0 Å². The van der Waals surface area contributed by atoms with Crippen molar-refractivity contribution in [2.24, 2.45) is 0 Å². The second-order valence-electron chi connectivity index (χ2n) is 1.92. The topological polar surface area (TPSA) is 65.7 Å². The standard InChI is InChI=1S/C6H5N3O/c7-5-2-1-4-6(10-5)9-3-8-4/h1-3,7H,(H,8,9). The summed E-state index contributed by atoms with van der Waals surface area (Å²) in [7, 11) is 0. The summed E-state index contributed by atoms with van der Waals surface area (Å²) >= 11 is 0. The van der Waals surface area contributed by atoms with E-state index < -0.39 is 0 Å². The normalized spacial score (nSPS) is 10.4. The first-order chi connectivity index (χ1) is 4.86. The SMILES string of the molecule is N=c1ccc2[nH]cnc2o1. The number of nitrogens with zero attached hydrogens (tertiary/aromatic N) is 1. The highest BCUT2D eigenvalue weighted by Gasteiger charge is 1.93. The predicted molar refractivity (Wildman–Crippen MR) is 34.2 cm³/mol. The summed E-state index contributed by atoms with van der Waals surface area (Å²) in [6, 6.07) is 3.33. The van der Waals surface area contributed by atoms with Gasteiger partial charge in [0.1, 0.15) is 5.52 Å². The minimum Gasteiger partial charge on any atom is -0.419 e. The number of nitrogens with one attached hydrogen (secondary N) is 2. The van der Waals surface area contributed by atoms with E-state index in [1.807, 2.05) is 0 Å². The molecule has 2 aromatic rings. The van der Waals surface area contributed by atoms with Crippen molar-refractivity contribution >= 4 is 11.2 Å². The average molecular weight is 135 g/mol. The molecular formula is C6H5N3O. The summed E-state index contributed by atoms with van der Waals surface area (Å²) in [6.07, 6.45) is 1.54. The number of fused-ring (bicyclic) bond motifs is 1. The number of aromatic nitrogens is 2. The lowest BCUT2D eigenvalue weighted by atomic mass is 10.5. The first-order valence-corrected chi connectivity index (χ1v) is 2.84. The van der Waals surface area contributed by atoms with Gasteiger partial charge in [-0.3, -0.25) is 5.41 Å². The van der Waals surface area contributed by atoms with E-state index >= 15 is 0 Å². The number of hydrogen-bond acceptors (Lipinski definition) is 3. The molecule has 0 saturated carbocycles. The van der Waals surface area contributed by atoms with Crippen LogP contribution >= 0.6 is 0 Å². The van der Waals surface area contributed by atoms with Crippen molar-refractivity contribution < 1.29 is 4.42 Å². The maximum Gasteiger partial charge on any atom is 0.246 e. The summed E-state index contributed by atoms with van der Waals surface area (Å²) < 4.78 is 4.93. The molecule has 50 valence electrons. The average Bonchev–Trinajstić information content (AvgIpc) is 2.33. The van der Waals surface area contributed by atoms with E-state index in [-0.39, 0.29) is 5.55 Å². The summed E-state index contributed by atoms with van der Waals surface area (Å²) in [4.78, 5) is 6.70. The molecule has 2 rings (SSSR count). The van der Waals surface area contributed by atoms with Crippen molar-refractivity contribution in [1.29, 1.82) is 5.41 Å². The van der Waals surface area contributed by atoms with Crippen molar-refractivity contribution in [2.75, 3.05) is 0 Å². The van der Waals surface area contributed by atoms with Gasteiger partial charge < -0.3 is 9.40 Å². The monoisotopic (exact) mass is 135 g/mol. The fourth-order valence-corrected chi connectivity index (χ4v) is 0.790. The van der Waals surface area contributed by atoms with Crippen LogP contribution in [0.3, 0.4) is 0 Å². The maximum absolute atomic E-state index is 7.10. The molecule has 4 nitrogen and oxygen atoms in total. The van der Waals surface area contributed by atoms with E-state index in [0.29, 0.717) is 5.71 Å². The van der Waals surface area contributed by atoms with Crippen molar-refractivity contribution in [3.05, 3.63) is 24.0 Å². The molecule has 0 radical (unpaired) electrons. The molecule has 0 spiro atoms. The van der Waals surface area contributed by atoms with Crippen LogP contribution in [0.15, 0.2) is 22.9 Å². The van der Waals surface area contributed by atoms with Gasteiger partial charge in [-0.05, 0) is 6.07 Å². The number of rotatable bonds is 0. The molecule has 0 atom stereocenters. The smallest absolute Gasteiger partial charge is 0.246 e. The third kappa shape index (κ3) is 0.621. The maximum atomic E-state index is 7.10. The lowest BCUT2D eigenvalue weighted by Crippen LogP contribution is -1.93. The molecule has 0 fully saturated rings. The van der Waals surface area contributed by atoms with Gasteiger partial charge >= 0.3 is 0 Å². The Hall–Kier alpha value is -1.58. The summed E-state index contributed by atoms with van der Waals surface area (Å²) in [5.41, 5.74) is 1.42. The van der Waals surface area contributed by atoms with E-state index in [4.69, 9.17) is 9.83 Å². The van der Waals surface area contributed by atoms with Crippen LogP contribution in [0.4, 0.5) is 0 Å². The van der Waals surface area contributed by atoms with Gasteiger partial charge in [0.25, 0.3) is 0 Å². The zero-order valence-electron chi connectivity index (χ0n) is 5.09. The van der Waals surface area contributed by atoms with Gasteiger partial charge in [0, 0.05) is 6.07 Å². The lowest BCUT2D eigenvalue weighted by Gasteiger charge is -1.83. The fraction of sp³-hybridized carbons (Fsp3) is 0. The Balaban J connectivity index is 2.99. The Kier molecular flexibility index (Phi) is 0.887. The molecule has 4 heteroatoms. The minimum atomic E-state index is 0.125. The van der Waals surface area contributed by atoms with Gasteiger partial charge in [-0.1, -0.05) is 0 Å². The second-order valence-corrected chi connectivity index (χ2v) is 1.92. The molecule has 10 heavy (non-hydrogen) atoms. The highest BCUT2D eigenvalue weighted by atomic mass is 16.3. The summed E-state index contributed by atoms with van der Waals surface area (Å²) in [6.45, 7) is 0. The first-order valence-electron chi connectivity index (χ1n) is 2.84. The van der Waals surface area contributed by atoms with Gasteiger partial charge in [0.05, 0.1) is 6.33 Å². The minimum absolute atomic E-state index is 0.125. The van der Waals surface area contributed by atoms with Gasteiger partial charge in [-0.15, -0.1) is 0 Å². The second kappa shape index (κ2) is 1.70. The Labute approximate surface area is 56.0 Å². The highest BCUT2D eigenvalue weighted by Crippen LogP contribution is 2.02. The van der Waals surface area contributed by atoms with Crippen LogP contribution in [0.2, 0.25) is 0 Å². The molecule has 0 unspecified atom stereocenters. The van der Waals surface area contributed by atoms with E-state index in [1.165, 1.54) is 6.33 Å².